The topological polar surface area (TPSA) is 77.1 Å². The van der Waals surface area contributed by atoms with E-state index < -0.39 is 0 Å². The van der Waals surface area contributed by atoms with Gasteiger partial charge in [0.1, 0.15) is 0 Å². The lowest BCUT2D eigenvalue weighted by molar-refractivity contribution is 1.14. The Balaban J connectivity index is 1.24. The molecule has 0 fully saturated rings. The fraction of sp³-hybridized carbons (Fsp3) is 0.0833. The third kappa shape index (κ3) is 3.06. The second-order valence-corrected chi connectivity index (χ2v) is 15.2. The molecule has 54 heavy (non-hydrogen) atoms. The van der Waals surface area contributed by atoms with Gasteiger partial charge in [-0.25, -0.2) is 0 Å². The van der Waals surface area contributed by atoms with E-state index in [1.165, 1.54) is 0 Å². The maximum atomic E-state index is 13.8. The molecule has 0 aliphatic rings. The van der Waals surface area contributed by atoms with Crippen LogP contribution in [-0.4, -0.2) is 8.80 Å². The lowest BCUT2D eigenvalue weighted by Crippen LogP contribution is -2.13. The molecule has 6 heterocycles. The first-order valence-corrected chi connectivity index (χ1v) is 18.5. The van der Waals surface area contributed by atoms with Gasteiger partial charge in [0.2, 0.25) is 0 Å². The summed E-state index contributed by atoms with van der Waals surface area (Å²) in [6.45, 7) is 4.07. The lowest BCUT2D eigenvalue weighted by atomic mass is 9.85. The summed E-state index contributed by atoms with van der Waals surface area (Å²) in [5.74, 6) is 0. The highest BCUT2D eigenvalue weighted by molar-refractivity contribution is 6.42. The zero-order valence-corrected chi connectivity index (χ0v) is 29.2. The van der Waals surface area contributed by atoms with Crippen LogP contribution in [0.15, 0.2) is 116 Å². The molecular formula is C48H26N2O4. The van der Waals surface area contributed by atoms with Gasteiger partial charge in [0, 0.05) is 78.1 Å². The normalized spacial score (nSPS) is 13.1. The Kier molecular flexibility index (Phi) is 4.86. The van der Waals surface area contributed by atoms with Crippen LogP contribution in [0.5, 0.6) is 0 Å². The number of rotatable bonds is 2. The maximum absolute atomic E-state index is 13.8. The van der Waals surface area contributed by atoms with Gasteiger partial charge in [-0.3, -0.25) is 19.2 Å². The average Bonchev–Trinajstić information content (AvgIpc) is 3.19. The molecule has 0 saturated carbocycles. The molecule has 13 rings (SSSR count). The molecule has 0 N–H and O–H groups in total. The molecule has 6 nitrogen and oxygen atoms in total. The Hall–Kier alpha value is -6.92. The van der Waals surface area contributed by atoms with E-state index in [0.717, 1.165) is 111 Å². The van der Waals surface area contributed by atoms with E-state index in [0.29, 0.717) is 32.6 Å². The average molecular weight is 695 g/mol. The summed E-state index contributed by atoms with van der Waals surface area (Å²) in [7, 11) is 0. The van der Waals surface area contributed by atoms with Crippen LogP contribution < -0.4 is 21.7 Å². The maximum Gasteiger partial charge on any atom is 0.190 e. The summed E-state index contributed by atoms with van der Waals surface area (Å²) in [6.07, 6.45) is 1.47. The van der Waals surface area contributed by atoms with Crippen LogP contribution in [0.3, 0.4) is 0 Å². The highest BCUT2D eigenvalue weighted by Crippen LogP contribution is 2.48. The van der Waals surface area contributed by atoms with Gasteiger partial charge in [0.05, 0.1) is 33.1 Å². The summed E-state index contributed by atoms with van der Waals surface area (Å²) in [5.41, 5.74) is 6.12. The van der Waals surface area contributed by atoms with Crippen LogP contribution in [0, 0.1) is 0 Å². The zero-order valence-electron chi connectivity index (χ0n) is 29.2. The Morgan fingerprint density at radius 3 is 0.833 bits per heavy atom. The summed E-state index contributed by atoms with van der Waals surface area (Å²) in [5, 5.41) is 14.6. The standard InChI is InChI=1S/C48H26N2O4/c1-3-21-13-31-39(51)17-35-27-9-5-23-25-7-11-29-37-19-41(53)33-15-22(4-2)16-34-42(54)20-38(50(37)48(33)34)30-12-8-26(44(25)46(29)30)24-6-10-28(45(27)43(23)24)36-18-40(52)32(14-21)47(31)49(35)36/h5-20H,3-4H2,1-2H3. The SMILES string of the molecule is CCc1cc2c(=O)cc3c4ccc5c6ccc7c8c(ccc(c9ccc(c4c59)c4cc(=O)c(c1)c2n34)c68)c1cc(=O)c2cc(CC)cc3c(=O)cc7n1c32. The van der Waals surface area contributed by atoms with Crippen molar-refractivity contribution < 1.29 is 0 Å². The number of nitrogens with zero attached hydrogens (tertiary/aromatic N) is 2. The predicted octanol–water partition coefficient (Wildman–Crippen LogP) is 9.48. The summed E-state index contributed by atoms with van der Waals surface area (Å²) in [6, 6.07) is 31.9. The number of benzene rings is 7. The molecule has 0 saturated heterocycles. The van der Waals surface area contributed by atoms with E-state index in [1.807, 2.05) is 38.1 Å². The predicted molar refractivity (Wildman–Crippen MR) is 223 cm³/mol. The molecule has 6 heteroatoms. The third-order valence-electron chi connectivity index (χ3n) is 12.7. The molecule has 0 unspecified atom stereocenters. The van der Waals surface area contributed by atoms with Crippen molar-refractivity contribution in [3.8, 4) is 0 Å². The Bertz CT molecular complexity index is 3610. The molecule has 7 aromatic carbocycles. The van der Waals surface area contributed by atoms with Crippen LogP contribution >= 0.6 is 0 Å². The number of fused-ring (bicyclic) bond motifs is 6. The van der Waals surface area contributed by atoms with Crippen molar-refractivity contribution in [3.05, 3.63) is 149 Å². The second-order valence-electron chi connectivity index (χ2n) is 15.2. The second kappa shape index (κ2) is 9.17. The first kappa shape index (κ1) is 28.6. The summed E-state index contributed by atoms with van der Waals surface area (Å²) >= 11 is 0. The molecule has 0 aliphatic carbocycles. The molecule has 0 radical (unpaired) electrons. The van der Waals surface area contributed by atoms with Crippen molar-refractivity contribution >= 4 is 119 Å². The number of pyridine rings is 6. The summed E-state index contributed by atoms with van der Waals surface area (Å²) < 4.78 is 4.23. The van der Waals surface area contributed by atoms with Gasteiger partial charge < -0.3 is 8.80 Å². The van der Waals surface area contributed by atoms with Gasteiger partial charge in [-0.1, -0.05) is 62.4 Å². The van der Waals surface area contributed by atoms with E-state index >= 15 is 0 Å². The minimum atomic E-state index is -0.0870. The van der Waals surface area contributed by atoms with Crippen LogP contribution in [0.1, 0.15) is 25.0 Å². The monoisotopic (exact) mass is 694 g/mol. The fourth-order valence-electron chi connectivity index (χ4n) is 10.4. The van der Waals surface area contributed by atoms with Crippen molar-refractivity contribution in [2.45, 2.75) is 26.7 Å². The van der Waals surface area contributed by atoms with Crippen molar-refractivity contribution in [1.82, 2.24) is 8.80 Å². The molecule has 13 aromatic rings. The number of hydrogen-bond acceptors (Lipinski definition) is 4. The number of aromatic nitrogens is 2. The summed E-state index contributed by atoms with van der Waals surface area (Å²) in [4.78, 5) is 55.3. The molecule has 0 amide bonds. The molecule has 0 atom stereocenters. The Morgan fingerprint density at radius 1 is 0.333 bits per heavy atom. The van der Waals surface area contributed by atoms with Gasteiger partial charge in [-0.15, -0.1) is 0 Å². The first-order valence-electron chi connectivity index (χ1n) is 18.5. The van der Waals surface area contributed by atoms with Gasteiger partial charge in [0.25, 0.3) is 0 Å². The van der Waals surface area contributed by atoms with E-state index in [9.17, 15) is 19.2 Å². The van der Waals surface area contributed by atoms with Gasteiger partial charge in [0.15, 0.2) is 21.7 Å². The molecule has 0 aliphatic heterocycles. The Morgan fingerprint density at radius 2 is 0.574 bits per heavy atom. The van der Waals surface area contributed by atoms with Crippen LogP contribution in [0.2, 0.25) is 0 Å². The smallest absolute Gasteiger partial charge is 0.190 e. The minimum Gasteiger partial charge on any atom is -0.307 e. The van der Waals surface area contributed by atoms with E-state index in [2.05, 4.69) is 57.3 Å². The quantitative estimate of drug-likeness (QED) is 0.133. The molecule has 6 aromatic heterocycles. The molecule has 252 valence electrons. The highest BCUT2D eigenvalue weighted by Gasteiger charge is 2.25. The number of hydrogen-bond donors (Lipinski definition) is 0. The van der Waals surface area contributed by atoms with Gasteiger partial charge in [-0.05, 0) is 80.6 Å². The van der Waals surface area contributed by atoms with Gasteiger partial charge in [-0.2, -0.15) is 0 Å². The number of aryl methyl sites for hydroxylation is 2. The van der Waals surface area contributed by atoms with E-state index in [4.69, 9.17) is 0 Å². The van der Waals surface area contributed by atoms with Crippen LogP contribution in [-0.2, 0) is 12.8 Å². The van der Waals surface area contributed by atoms with Crippen molar-refractivity contribution in [1.29, 1.82) is 0 Å². The van der Waals surface area contributed by atoms with Crippen molar-refractivity contribution in [3.63, 3.8) is 0 Å². The lowest BCUT2D eigenvalue weighted by Gasteiger charge is -2.23. The molecule has 0 spiro atoms. The van der Waals surface area contributed by atoms with E-state index in [-0.39, 0.29) is 21.7 Å². The van der Waals surface area contributed by atoms with Crippen molar-refractivity contribution in [2.24, 2.45) is 0 Å². The van der Waals surface area contributed by atoms with E-state index in [1.54, 1.807) is 24.3 Å². The molecular weight excluding hydrogens is 669 g/mol. The zero-order chi connectivity index (χ0) is 36.0. The largest absolute Gasteiger partial charge is 0.307 e. The van der Waals surface area contributed by atoms with Crippen LogP contribution in [0.4, 0.5) is 0 Å². The first-order chi connectivity index (χ1) is 26.3. The van der Waals surface area contributed by atoms with Gasteiger partial charge >= 0.3 is 0 Å². The minimum absolute atomic E-state index is 0.0870. The Labute approximate surface area is 303 Å². The van der Waals surface area contributed by atoms with Crippen LogP contribution in [0.25, 0.3) is 119 Å². The fourth-order valence-corrected chi connectivity index (χ4v) is 10.4. The third-order valence-corrected chi connectivity index (χ3v) is 12.7. The highest BCUT2D eigenvalue weighted by atomic mass is 16.1. The molecule has 0 bridgehead atoms. The van der Waals surface area contributed by atoms with Crippen molar-refractivity contribution in [2.75, 3.05) is 0 Å².